The summed E-state index contributed by atoms with van der Waals surface area (Å²) in [5, 5.41) is 0.0898. The third-order valence-corrected chi connectivity index (χ3v) is 3.93. The molecule has 1 heterocycles. The molecule has 7 heteroatoms. The molecule has 0 atom stereocenters. The second kappa shape index (κ2) is 5.94. The molecule has 0 fully saturated rings. The van der Waals surface area contributed by atoms with Crippen molar-refractivity contribution >= 4 is 21.8 Å². The molecule has 0 amide bonds. The van der Waals surface area contributed by atoms with Gasteiger partial charge in [-0.25, -0.2) is 18.1 Å². The molecule has 0 aliphatic heterocycles. The third kappa shape index (κ3) is 3.89. The molecule has 0 unspecified atom stereocenters. The highest BCUT2D eigenvalue weighted by molar-refractivity contribution is 7.99. The van der Waals surface area contributed by atoms with Gasteiger partial charge in [0.15, 0.2) is 5.03 Å². The van der Waals surface area contributed by atoms with Gasteiger partial charge in [0.05, 0.1) is 11.9 Å². The minimum absolute atomic E-state index is 0.0898. The molecule has 0 aliphatic carbocycles. The average molecular weight is 259 g/mol. The van der Waals surface area contributed by atoms with Gasteiger partial charge in [-0.1, -0.05) is 5.92 Å². The number of thioether (sulfide) groups is 1. The van der Waals surface area contributed by atoms with Gasteiger partial charge in [-0.3, -0.25) is 0 Å². The number of nitrogens with zero attached hydrogens (tertiary/aromatic N) is 1. The monoisotopic (exact) mass is 259 g/mol. The number of aryl methyl sites for hydroxylation is 1. The van der Waals surface area contributed by atoms with Crippen LogP contribution in [-0.4, -0.2) is 36.4 Å². The fraction of sp³-hybridized carbons (Fsp3) is 0.444. The maximum atomic E-state index is 11.6. The summed E-state index contributed by atoms with van der Waals surface area (Å²) in [4.78, 5) is 6.50. The molecule has 1 aromatic heterocycles. The van der Waals surface area contributed by atoms with Crippen molar-refractivity contribution < 1.29 is 8.42 Å². The average Bonchev–Trinajstić information content (AvgIpc) is 2.65. The Morgan fingerprint density at radius 3 is 3.00 bits per heavy atom. The van der Waals surface area contributed by atoms with Gasteiger partial charge in [0.25, 0.3) is 10.0 Å². The largest absolute Gasteiger partial charge is 0.332 e. The first-order valence-electron chi connectivity index (χ1n) is 4.59. The van der Waals surface area contributed by atoms with Gasteiger partial charge in [0, 0.05) is 12.3 Å². The molecule has 88 valence electrons. The van der Waals surface area contributed by atoms with Crippen LogP contribution in [0.5, 0.6) is 0 Å². The Kier molecular flexibility index (Phi) is 4.86. The number of aromatic nitrogens is 2. The van der Waals surface area contributed by atoms with Crippen LogP contribution in [0, 0.1) is 19.3 Å². The number of sulfonamides is 1. The summed E-state index contributed by atoms with van der Waals surface area (Å²) in [5.41, 5.74) is 0. The Morgan fingerprint density at radius 1 is 1.69 bits per heavy atom. The second-order valence-corrected chi connectivity index (χ2v) is 5.83. The topological polar surface area (TPSA) is 74.8 Å². The molecule has 1 aromatic rings. The van der Waals surface area contributed by atoms with Crippen molar-refractivity contribution in [3.05, 3.63) is 12.0 Å². The van der Waals surface area contributed by atoms with E-state index in [0.717, 1.165) is 0 Å². The van der Waals surface area contributed by atoms with Crippen molar-refractivity contribution in [2.75, 3.05) is 18.1 Å². The lowest BCUT2D eigenvalue weighted by atomic mass is 10.8. The maximum absolute atomic E-state index is 11.6. The Hall–Kier alpha value is -0.970. The van der Waals surface area contributed by atoms with Gasteiger partial charge in [-0.2, -0.15) is 0 Å². The molecule has 0 saturated heterocycles. The van der Waals surface area contributed by atoms with Crippen LogP contribution in [0.2, 0.25) is 0 Å². The van der Waals surface area contributed by atoms with E-state index in [1.165, 1.54) is 18.0 Å². The van der Waals surface area contributed by atoms with E-state index in [1.807, 2.05) is 0 Å². The molecule has 0 spiro atoms. The lowest BCUT2D eigenvalue weighted by molar-refractivity contribution is 0.581. The van der Waals surface area contributed by atoms with Crippen LogP contribution in [0.25, 0.3) is 0 Å². The fourth-order valence-corrected chi connectivity index (χ4v) is 2.63. The Morgan fingerprint density at radius 2 is 2.44 bits per heavy atom. The molecule has 0 saturated carbocycles. The first-order chi connectivity index (χ1) is 7.56. The van der Waals surface area contributed by atoms with Crippen molar-refractivity contribution in [2.24, 2.45) is 0 Å². The number of H-pyrrole nitrogens is 1. The predicted molar refractivity (Wildman–Crippen MR) is 64.7 cm³/mol. The number of hydrogen-bond donors (Lipinski definition) is 2. The number of imidazole rings is 1. The van der Waals surface area contributed by atoms with Crippen molar-refractivity contribution in [3.8, 4) is 12.3 Å². The van der Waals surface area contributed by atoms with Crippen LogP contribution in [0.1, 0.15) is 5.82 Å². The van der Waals surface area contributed by atoms with Crippen LogP contribution in [0.15, 0.2) is 11.2 Å². The van der Waals surface area contributed by atoms with Gasteiger partial charge >= 0.3 is 0 Å². The molecule has 2 N–H and O–H groups in total. The standard InChI is InChI=1S/C9H13N3O2S2/c1-3-5-15-6-4-11-16(13,14)9-7-10-8(2)12-9/h1,7,11H,4-6H2,2H3,(H,10,12). The zero-order chi connectivity index (χ0) is 12.0. The molecule has 1 rings (SSSR count). The van der Waals surface area contributed by atoms with Gasteiger partial charge in [-0.15, -0.1) is 18.2 Å². The highest BCUT2D eigenvalue weighted by atomic mass is 32.2. The van der Waals surface area contributed by atoms with E-state index in [9.17, 15) is 8.42 Å². The Bertz CT molecular complexity index is 473. The van der Waals surface area contributed by atoms with Crippen LogP contribution < -0.4 is 4.72 Å². The zero-order valence-corrected chi connectivity index (χ0v) is 10.5. The highest BCUT2D eigenvalue weighted by Gasteiger charge is 2.15. The summed E-state index contributed by atoms with van der Waals surface area (Å²) in [6.07, 6.45) is 6.37. The first kappa shape index (κ1) is 13.1. The van der Waals surface area contributed by atoms with E-state index in [1.54, 1.807) is 6.92 Å². The van der Waals surface area contributed by atoms with Gasteiger partial charge in [-0.05, 0) is 6.92 Å². The summed E-state index contributed by atoms with van der Waals surface area (Å²) in [7, 11) is -3.46. The third-order valence-electron chi connectivity index (χ3n) is 1.69. The predicted octanol–water partition coefficient (Wildman–Crippen LogP) is 0.363. The van der Waals surface area contributed by atoms with Crippen molar-refractivity contribution in [1.82, 2.24) is 14.7 Å². The molecule has 0 aliphatic rings. The molecule has 0 bridgehead atoms. The van der Waals surface area contributed by atoms with E-state index in [0.29, 0.717) is 23.9 Å². The quantitative estimate of drug-likeness (QED) is 0.571. The molecular weight excluding hydrogens is 246 g/mol. The lowest BCUT2D eigenvalue weighted by Gasteiger charge is -2.03. The summed E-state index contributed by atoms with van der Waals surface area (Å²) in [6.45, 7) is 2.05. The summed E-state index contributed by atoms with van der Waals surface area (Å²) < 4.78 is 25.8. The van der Waals surface area contributed by atoms with E-state index < -0.39 is 10.0 Å². The Balaban J connectivity index is 2.45. The zero-order valence-electron chi connectivity index (χ0n) is 8.86. The molecular formula is C9H13N3O2S2. The van der Waals surface area contributed by atoms with Crippen LogP contribution >= 0.6 is 11.8 Å². The van der Waals surface area contributed by atoms with Crippen LogP contribution in [0.4, 0.5) is 0 Å². The fourth-order valence-electron chi connectivity index (χ4n) is 0.992. The number of nitrogens with one attached hydrogen (secondary N) is 2. The summed E-state index contributed by atoms with van der Waals surface area (Å²) >= 11 is 1.51. The van der Waals surface area contributed by atoms with E-state index >= 15 is 0 Å². The second-order valence-electron chi connectivity index (χ2n) is 2.99. The van der Waals surface area contributed by atoms with E-state index in [2.05, 4.69) is 20.6 Å². The van der Waals surface area contributed by atoms with Gasteiger partial charge in [0.2, 0.25) is 0 Å². The van der Waals surface area contributed by atoms with Gasteiger partial charge < -0.3 is 4.98 Å². The molecule has 16 heavy (non-hydrogen) atoms. The van der Waals surface area contributed by atoms with E-state index in [-0.39, 0.29) is 5.03 Å². The first-order valence-corrected chi connectivity index (χ1v) is 7.22. The van der Waals surface area contributed by atoms with E-state index in [4.69, 9.17) is 6.42 Å². The number of aromatic amines is 1. The molecule has 5 nitrogen and oxygen atoms in total. The number of rotatable bonds is 6. The highest BCUT2D eigenvalue weighted by Crippen LogP contribution is 2.04. The molecule has 0 aromatic carbocycles. The Labute approximate surface area is 99.5 Å². The van der Waals surface area contributed by atoms with Gasteiger partial charge in [0.1, 0.15) is 5.82 Å². The van der Waals surface area contributed by atoms with Crippen LogP contribution in [0.3, 0.4) is 0 Å². The SMILES string of the molecule is C#CCSCCNS(=O)(=O)c1cnc(C)[nH]1. The smallest absolute Gasteiger partial charge is 0.257 e. The normalized spacial score (nSPS) is 11.2. The van der Waals surface area contributed by atoms with Crippen molar-refractivity contribution in [3.63, 3.8) is 0 Å². The summed E-state index contributed by atoms with van der Waals surface area (Å²) in [5.74, 6) is 4.28. The lowest BCUT2D eigenvalue weighted by Crippen LogP contribution is -2.26. The van der Waals surface area contributed by atoms with Crippen LogP contribution in [-0.2, 0) is 10.0 Å². The number of hydrogen-bond acceptors (Lipinski definition) is 4. The minimum atomic E-state index is -3.46. The summed E-state index contributed by atoms with van der Waals surface area (Å²) in [6, 6.07) is 0. The minimum Gasteiger partial charge on any atom is -0.332 e. The molecule has 0 radical (unpaired) electrons. The maximum Gasteiger partial charge on any atom is 0.257 e. The van der Waals surface area contributed by atoms with Crippen molar-refractivity contribution in [2.45, 2.75) is 11.9 Å². The van der Waals surface area contributed by atoms with Crippen molar-refractivity contribution in [1.29, 1.82) is 0 Å². The number of terminal acetylenes is 1.